The highest BCUT2D eigenvalue weighted by atomic mass is 79.9. The molecule has 1 aromatic heterocycles. The second-order valence-electron chi connectivity index (χ2n) is 5.55. The molecule has 138 valence electrons. The molecule has 0 aliphatic heterocycles. The van der Waals surface area contributed by atoms with Crippen molar-refractivity contribution in [1.82, 2.24) is 15.2 Å². The minimum atomic E-state index is -0.456. The molecule has 2 N–H and O–H groups in total. The largest absolute Gasteiger partial charge is 0.507 e. The van der Waals surface area contributed by atoms with E-state index in [1.807, 2.05) is 24.3 Å². The van der Waals surface area contributed by atoms with Gasteiger partial charge in [0.15, 0.2) is 5.69 Å². The van der Waals surface area contributed by atoms with E-state index in [0.717, 1.165) is 14.5 Å². The third kappa shape index (κ3) is 5.27. The van der Waals surface area contributed by atoms with Crippen molar-refractivity contribution in [1.29, 1.82) is 0 Å². The maximum absolute atomic E-state index is 12.3. The molecule has 1 amide bonds. The summed E-state index contributed by atoms with van der Waals surface area (Å²) in [5.41, 5.74) is 4.17. The van der Waals surface area contributed by atoms with E-state index in [2.05, 4.69) is 63.4 Å². The molecule has 0 aliphatic carbocycles. The third-order valence-corrected chi connectivity index (χ3v) is 5.15. The molecule has 9 heteroatoms. The van der Waals surface area contributed by atoms with E-state index in [4.69, 9.17) is 0 Å². The number of carbonyl (C=O) groups excluding carboxylic acids is 1. The van der Waals surface area contributed by atoms with Crippen LogP contribution in [-0.2, 0) is 6.54 Å². The zero-order valence-electron chi connectivity index (χ0n) is 13.7. The van der Waals surface area contributed by atoms with Crippen LogP contribution >= 0.6 is 47.8 Å². The van der Waals surface area contributed by atoms with Gasteiger partial charge < -0.3 is 5.11 Å². The summed E-state index contributed by atoms with van der Waals surface area (Å²) in [4.78, 5) is 12.3. The first kappa shape index (κ1) is 19.8. The number of halogens is 3. The lowest BCUT2D eigenvalue weighted by molar-refractivity contribution is 0.0948. The van der Waals surface area contributed by atoms with Crippen LogP contribution in [0, 0.1) is 0 Å². The van der Waals surface area contributed by atoms with Gasteiger partial charge in [0.25, 0.3) is 5.91 Å². The van der Waals surface area contributed by atoms with Gasteiger partial charge in [-0.15, -0.1) is 0 Å². The molecule has 3 aromatic rings. The Morgan fingerprint density at radius 3 is 2.59 bits per heavy atom. The lowest BCUT2D eigenvalue weighted by atomic mass is 10.2. The highest BCUT2D eigenvalue weighted by Gasteiger charge is 2.15. The Kier molecular flexibility index (Phi) is 6.46. The van der Waals surface area contributed by atoms with Crippen LogP contribution in [-0.4, -0.2) is 27.0 Å². The number of amides is 1. The van der Waals surface area contributed by atoms with Crippen molar-refractivity contribution in [3.8, 4) is 5.75 Å². The summed E-state index contributed by atoms with van der Waals surface area (Å²) in [6, 6.07) is 12.8. The molecule has 0 radical (unpaired) electrons. The molecular formula is C18H13Br3N4O2. The lowest BCUT2D eigenvalue weighted by Crippen LogP contribution is -2.19. The summed E-state index contributed by atoms with van der Waals surface area (Å²) in [6.45, 7) is 0.536. The summed E-state index contributed by atoms with van der Waals surface area (Å²) in [6.07, 6.45) is 3.10. The van der Waals surface area contributed by atoms with Crippen LogP contribution in [0.5, 0.6) is 5.75 Å². The standard InChI is InChI=1S/C18H13Br3N4O2/c19-13-3-1-11(2-4-13)9-25-10-15(21)17(24-25)18(27)23-22-8-12-7-14(20)5-6-16(12)26/h1-8,10,26H,9H2,(H,23,27). The number of hydrazone groups is 1. The molecule has 0 bridgehead atoms. The molecule has 27 heavy (non-hydrogen) atoms. The molecule has 3 rings (SSSR count). The first-order valence-electron chi connectivity index (χ1n) is 7.71. The van der Waals surface area contributed by atoms with Crippen molar-refractivity contribution < 1.29 is 9.90 Å². The van der Waals surface area contributed by atoms with Crippen molar-refractivity contribution in [2.45, 2.75) is 6.54 Å². The normalized spacial score (nSPS) is 11.1. The molecule has 0 saturated carbocycles. The van der Waals surface area contributed by atoms with E-state index in [9.17, 15) is 9.90 Å². The van der Waals surface area contributed by atoms with Gasteiger partial charge in [-0.1, -0.05) is 44.0 Å². The number of hydrogen-bond donors (Lipinski definition) is 2. The summed E-state index contributed by atoms with van der Waals surface area (Å²) >= 11 is 10.1. The van der Waals surface area contributed by atoms with Crippen molar-refractivity contribution >= 4 is 59.9 Å². The second kappa shape index (κ2) is 8.81. The van der Waals surface area contributed by atoms with E-state index in [1.165, 1.54) is 12.3 Å². The van der Waals surface area contributed by atoms with Crippen LogP contribution in [0.25, 0.3) is 0 Å². The highest BCUT2D eigenvalue weighted by molar-refractivity contribution is 9.11. The van der Waals surface area contributed by atoms with E-state index in [-0.39, 0.29) is 11.4 Å². The zero-order valence-corrected chi connectivity index (χ0v) is 18.5. The fourth-order valence-corrected chi connectivity index (χ4v) is 3.39. The Bertz CT molecular complexity index is 1000. The third-order valence-electron chi connectivity index (χ3n) is 3.55. The topological polar surface area (TPSA) is 79.5 Å². The van der Waals surface area contributed by atoms with Gasteiger partial charge in [0, 0.05) is 20.7 Å². The summed E-state index contributed by atoms with van der Waals surface area (Å²) in [5, 5.41) is 18.0. The van der Waals surface area contributed by atoms with E-state index >= 15 is 0 Å². The van der Waals surface area contributed by atoms with Crippen molar-refractivity contribution in [3.63, 3.8) is 0 Å². The van der Waals surface area contributed by atoms with Gasteiger partial charge in [-0.3, -0.25) is 9.48 Å². The van der Waals surface area contributed by atoms with Gasteiger partial charge in [-0.2, -0.15) is 10.2 Å². The Hall–Kier alpha value is -1.97. The molecule has 0 unspecified atom stereocenters. The fourth-order valence-electron chi connectivity index (χ4n) is 2.25. The predicted octanol–water partition coefficient (Wildman–Crippen LogP) is 4.69. The number of benzene rings is 2. The number of nitrogens with one attached hydrogen (secondary N) is 1. The van der Waals surface area contributed by atoms with Crippen LogP contribution in [0.3, 0.4) is 0 Å². The molecule has 0 fully saturated rings. The maximum Gasteiger partial charge on any atom is 0.293 e. The van der Waals surface area contributed by atoms with Crippen LogP contribution < -0.4 is 5.43 Å². The van der Waals surface area contributed by atoms with Gasteiger partial charge in [-0.25, -0.2) is 5.43 Å². The average Bonchev–Trinajstić information content (AvgIpc) is 3.00. The summed E-state index contributed by atoms with van der Waals surface area (Å²) in [5.74, 6) is -0.390. The number of phenols is 1. The number of aromatic nitrogens is 2. The molecule has 0 aliphatic rings. The molecular weight excluding hydrogens is 544 g/mol. The Morgan fingerprint density at radius 2 is 1.85 bits per heavy atom. The molecule has 0 atom stereocenters. The number of hydrogen-bond acceptors (Lipinski definition) is 4. The minimum absolute atomic E-state index is 0.0659. The summed E-state index contributed by atoms with van der Waals surface area (Å²) < 4.78 is 4.04. The Balaban J connectivity index is 1.68. The second-order valence-corrected chi connectivity index (χ2v) is 8.24. The first-order valence-corrected chi connectivity index (χ1v) is 10.1. The predicted molar refractivity (Wildman–Crippen MR) is 114 cm³/mol. The van der Waals surface area contributed by atoms with Gasteiger partial charge in [0.1, 0.15) is 5.75 Å². The van der Waals surface area contributed by atoms with Crippen LogP contribution in [0.2, 0.25) is 0 Å². The van der Waals surface area contributed by atoms with E-state index in [0.29, 0.717) is 16.6 Å². The quantitative estimate of drug-likeness (QED) is 0.353. The van der Waals surface area contributed by atoms with Gasteiger partial charge in [-0.05, 0) is 51.8 Å². The molecule has 2 aromatic carbocycles. The number of aromatic hydroxyl groups is 1. The molecule has 1 heterocycles. The SMILES string of the molecule is O=C(NN=Cc1cc(Br)ccc1O)c1nn(Cc2ccc(Br)cc2)cc1Br. The van der Waals surface area contributed by atoms with Crippen molar-refractivity contribution in [3.05, 3.63) is 78.9 Å². The summed E-state index contributed by atoms with van der Waals surface area (Å²) in [7, 11) is 0. The van der Waals surface area contributed by atoms with Gasteiger partial charge in [0.05, 0.1) is 17.2 Å². The fraction of sp³-hybridized carbons (Fsp3) is 0.0556. The monoisotopic (exact) mass is 554 g/mol. The Morgan fingerprint density at radius 1 is 1.15 bits per heavy atom. The molecule has 0 saturated heterocycles. The smallest absolute Gasteiger partial charge is 0.293 e. The van der Waals surface area contributed by atoms with Crippen LogP contribution in [0.1, 0.15) is 21.6 Å². The maximum atomic E-state index is 12.3. The lowest BCUT2D eigenvalue weighted by Gasteiger charge is -2.02. The Labute approximate surface area is 180 Å². The van der Waals surface area contributed by atoms with Crippen LogP contribution in [0.4, 0.5) is 0 Å². The highest BCUT2D eigenvalue weighted by Crippen LogP contribution is 2.20. The number of nitrogens with zero attached hydrogens (tertiary/aromatic N) is 3. The van der Waals surface area contributed by atoms with Gasteiger partial charge >= 0.3 is 0 Å². The van der Waals surface area contributed by atoms with Crippen molar-refractivity contribution in [2.75, 3.05) is 0 Å². The first-order chi connectivity index (χ1) is 12.9. The zero-order chi connectivity index (χ0) is 19.4. The minimum Gasteiger partial charge on any atom is -0.507 e. The van der Waals surface area contributed by atoms with Gasteiger partial charge in [0.2, 0.25) is 0 Å². The number of rotatable bonds is 5. The average molecular weight is 557 g/mol. The molecule has 0 spiro atoms. The van der Waals surface area contributed by atoms with E-state index in [1.54, 1.807) is 23.0 Å². The van der Waals surface area contributed by atoms with Crippen LogP contribution in [0.15, 0.2) is 67.2 Å². The van der Waals surface area contributed by atoms with Crippen molar-refractivity contribution in [2.24, 2.45) is 5.10 Å². The molecule has 6 nitrogen and oxygen atoms in total. The number of carbonyl (C=O) groups is 1. The number of phenolic OH excluding ortho intramolecular Hbond substituents is 1. The van der Waals surface area contributed by atoms with E-state index < -0.39 is 5.91 Å².